The first-order valence-corrected chi connectivity index (χ1v) is 17.8. The number of rotatable bonds is 8. The lowest BCUT2D eigenvalue weighted by Gasteiger charge is -2.48. The number of nitriles is 1. The summed E-state index contributed by atoms with van der Waals surface area (Å²) < 4.78 is 34.2. The van der Waals surface area contributed by atoms with Crippen molar-refractivity contribution in [3.05, 3.63) is 66.5 Å². The fourth-order valence-electron chi connectivity index (χ4n) is 7.49. The number of nitrogens with zero attached hydrogens (tertiary/aromatic N) is 6. The lowest BCUT2D eigenvalue weighted by molar-refractivity contribution is -0.000400. The molecule has 3 aromatic rings. The van der Waals surface area contributed by atoms with Crippen LogP contribution in [0.2, 0.25) is 5.04 Å². The average molecular weight is 631 g/mol. The number of aromatic nitrogens is 3. The first-order chi connectivity index (χ1) is 21.6. The minimum absolute atomic E-state index is 0.0228. The highest BCUT2D eigenvalue weighted by Gasteiger charge is 2.54. The van der Waals surface area contributed by atoms with Gasteiger partial charge < -0.3 is 18.8 Å². The summed E-state index contributed by atoms with van der Waals surface area (Å²) in [6, 6.07) is 23.2. The summed E-state index contributed by atoms with van der Waals surface area (Å²) in [6.45, 7) is 12.2. The number of benzene rings is 2. The summed E-state index contributed by atoms with van der Waals surface area (Å²) in [6.07, 6.45) is 1.47. The molecule has 4 heterocycles. The van der Waals surface area contributed by atoms with E-state index >= 15 is 0 Å². The number of ether oxygens (including phenoxy) is 2. The Labute approximate surface area is 266 Å². The third-order valence-corrected chi connectivity index (χ3v) is 14.7. The Balaban J connectivity index is 1.32. The van der Waals surface area contributed by atoms with E-state index in [0.717, 1.165) is 19.4 Å². The quantitative estimate of drug-likeness (QED) is 0.344. The normalized spacial score (nSPS) is 25.9. The van der Waals surface area contributed by atoms with Gasteiger partial charge in [0.15, 0.2) is 0 Å². The Kier molecular flexibility index (Phi) is 8.69. The van der Waals surface area contributed by atoms with Crippen LogP contribution in [0.4, 0.5) is 10.3 Å². The molecule has 0 aliphatic carbocycles. The number of alkyl halides is 1. The first-order valence-electron chi connectivity index (χ1n) is 15.9. The zero-order valence-electron chi connectivity index (χ0n) is 26.7. The second-order valence-electron chi connectivity index (χ2n) is 13.9. The molecule has 9 nitrogen and oxygen atoms in total. The van der Waals surface area contributed by atoms with E-state index in [-0.39, 0.29) is 29.0 Å². The van der Waals surface area contributed by atoms with E-state index in [0.29, 0.717) is 45.2 Å². The Morgan fingerprint density at radius 2 is 1.73 bits per heavy atom. The van der Waals surface area contributed by atoms with Crippen molar-refractivity contribution in [1.82, 2.24) is 19.9 Å². The van der Waals surface area contributed by atoms with Crippen LogP contribution in [0.1, 0.15) is 52.8 Å². The second-order valence-corrected chi connectivity index (χ2v) is 18.1. The minimum Gasteiger partial charge on any atom is -0.461 e. The highest BCUT2D eigenvalue weighted by atomic mass is 28.4. The van der Waals surface area contributed by atoms with Crippen LogP contribution in [0, 0.1) is 11.3 Å². The molecule has 6 rings (SSSR count). The van der Waals surface area contributed by atoms with E-state index in [1.807, 2.05) is 17.0 Å². The summed E-state index contributed by atoms with van der Waals surface area (Å²) in [5, 5.41) is 12.0. The van der Waals surface area contributed by atoms with E-state index in [4.69, 9.17) is 13.9 Å². The zero-order chi connectivity index (χ0) is 31.7. The molecule has 1 aromatic heterocycles. The van der Waals surface area contributed by atoms with Crippen molar-refractivity contribution in [2.45, 2.75) is 69.3 Å². The van der Waals surface area contributed by atoms with E-state index in [1.54, 1.807) is 0 Å². The third-order valence-electron chi connectivity index (χ3n) is 9.47. The topological polar surface area (TPSA) is 96.6 Å². The molecule has 3 atom stereocenters. The van der Waals surface area contributed by atoms with E-state index in [2.05, 4.69) is 102 Å². The number of anilines is 1. The van der Waals surface area contributed by atoms with Crippen LogP contribution in [0.25, 0.3) is 0 Å². The summed E-state index contributed by atoms with van der Waals surface area (Å²) in [5.41, 5.74) is -1.09. The van der Waals surface area contributed by atoms with Crippen LogP contribution in [0.5, 0.6) is 6.01 Å². The predicted octanol–water partition coefficient (Wildman–Crippen LogP) is 3.87. The molecule has 45 heavy (non-hydrogen) atoms. The van der Waals surface area contributed by atoms with Gasteiger partial charge in [0.2, 0.25) is 11.8 Å². The maximum absolute atomic E-state index is 14.4. The van der Waals surface area contributed by atoms with Crippen LogP contribution in [0.3, 0.4) is 0 Å². The van der Waals surface area contributed by atoms with Gasteiger partial charge in [0.25, 0.3) is 8.32 Å². The molecule has 0 unspecified atom stereocenters. The summed E-state index contributed by atoms with van der Waals surface area (Å²) in [7, 11) is -2.91. The van der Waals surface area contributed by atoms with Gasteiger partial charge in [0.05, 0.1) is 30.9 Å². The van der Waals surface area contributed by atoms with E-state index in [1.165, 1.54) is 10.4 Å². The summed E-state index contributed by atoms with van der Waals surface area (Å²) in [5.74, 6) is 0.320. The smallest absolute Gasteiger partial charge is 0.322 e. The van der Waals surface area contributed by atoms with E-state index < -0.39 is 20.1 Å². The molecule has 0 saturated carbocycles. The molecule has 3 fully saturated rings. The molecule has 3 saturated heterocycles. The molecular formula is C34H43FN6O3Si. The standard InChI is InChI=1S/C34H43FN6O3Si/c1-32(2,3)45(27-12-7-5-8-13-27,28-14-9-6-10-15-28)44-33(4)23-40(18-19-42-24-33)30-37-29(21-36)38-31(39-30)43-25-34-16-11-17-41(34)22-26(35)20-34/h5-10,12-15,26H,11,16-20,22-25H2,1-4H3/t26-,33-,34+/m1/s1. The van der Waals surface area contributed by atoms with Crippen molar-refractivity contribution in [3.8, 4) is 12.1 Å². The lowest BCUT2D eigenvalue weighted by Crippen LogP contribution is -2.70. The number of hydrogen-bond donors (Lipinski definition) is 0. The van der Waals surface area contributed by atoms with Crippen molar-refractivity contribution in [2.75, 3.05) is 50.9 Å². The fraction of sp³-hybridized carbons (Fsp3) is 0.529. The molecule has 2 aromatic carbocycles. The average Bonchev–Trinajstić information content (AvgIpc) is 3.48. The zero-order valence-corrected chi connectivity index (χ0v) is 27.7. The monoisotopic (exact) mass is 630 g/mol. The maximum atomic E-state index is 14.4. The molecule has 0 radical (unpaired) electrons. The number of halogens is 1. The van der Waals surface area contributed by atoms with Crippen LogP contribution < -0.4 is 20.0 Å². The molecule has 238 valence electrons. The fourth-order valence-corrected chi connectivity index (χ4v) is 12.3. The maximum Gasteiger partial charge on any atom is 0.322 e. The van der Waals surface area contributed by atoms with Crippen molar-refractivity contribution >= 4 is 24.6 Å². The summed E-state index contributed by atoms with van der Waals surface area (Å²) in [4.78, 5) is 17.6. The number of fused-ring (bicyclic) bond motifs is 1. The van der Waals surface area contributed by atoms with Crippen molar-refractivity contribution < 1.29 is 18.3 Å². The number of hydrogen-bond acceptors (Lipinski definition) is 9. The Morgan fingerprint density at radius 3 is 2.38 bits per heavy atom. The van der Waals surface area contributed by atoms with Gasteiger partial charge in [-0.3, -0.25) is 4.90 Å². The van der Waals surface area contributed by atoms with Crippen molar-refractivity contribution in [1.29, 1.82) is 5.26 Å². The molecule has 3 aliphatic heterocycles. The van der Waals surface area contributed by atoms with Crippen LogP contribution in [0.15, 0.2) is 60.7 Å². The lowest BCUT2D eigenvalue weighted by atomic mass is 9.95. The van der Waals surface area contributed by atoms with Gasteiger partial charge in [-0.15, -0.1) is 0 Å². The van der Waals surface area contributed by atoms with Crippen molar-refractivity contribution in [2.24, 2.45) is 0 Å². The molecule has 0 N–H and O–H groups in total. The molecular weight excluding hydrogens is 587 g/mol. The molecule has 0 spiro atoms. The van der Waals surface area contributed by atoms with Crippen LogP contribution in [-0.4, -0.2) is 91.5 Å². The first kappa shape index (κ1) is 31.5. The van der Waals surface area contributed by atoms with Gasteiger partial charge in [-0.25, -0.2) is 4.39 Å². The molecule has 0 amide bonds. The highest BCUT2D eigenvalue weighted by Crippen LogP contribution is 2.41. The molecule has 3 aliphatic rings. The van der Waals surface area contributed by atoms with Crippen LogP contribution >= 0.6 is 0 Å². The molecule has 11 heteroatoms. The van der Waals surface area contributed by atoms with Gasteiger partial charge in [-0.05, 0) is 41.7 Å². The van der Waals surface area contributed by atoms with Gasteiger partial charge in [-0.1, -0.05) is 81.4 Å². The van der Waals surface area contributed by atoms with Crippen LogP contribution in [-0.2, 0) is 9.16 Å². The van der Waals surface area contributed by atoms with Gasteiger partial charge in [0, 0.05) is 19.5 Å². The van der Waals surface area contributed by atoms with E-state index in [9.17, 15) is 9.65 Å². The van der Waals surface area contributed by atoms with Crippen molar-refractivity contribution in [3.63, 3.8) is 0 Å². The van der Waals surface area contributed by atoms with Gasteiger partial charge >= 0.3 is 6.01 Å². The highest BCUT2D eigenvalue weighted by molar-refractivity contribution is 6.99. The Morgan fingerprint density at radius 1 is 1.04 bits per heavy atom. The van der Waals surface area contributed by atoms with Gasteiger partial charge in [0.1, 0.15) is 18.8 Å². The second kappa shape index (κ2) is 12.4. The minimum atomic E-state index is -2.91. The Bertz CT molecular complexity index is 1480. The predicted molar refractivity (Wildman–Crippen MR) is 173 cm³/mol. The Hall–Kier alpha value is -3.43. The summed E-state index contributed by atoms with van der Waals surface area (Å²) >= 11 is 0. The van der Waals surface area contributed by atoms with Gasteiger partial charge in [-0.2, -0.15) is 20.2 Å². The molecule has 0 bridgehead atoms. The largest absolute Gasteiger partial charge is 0.461 e. The SMILES string of the molecule is CC(C)(C)[Si](O[C@@]1(C)COCCN(c2nc(C#N)nc(OC[C@@]34CCCN3C[C@H](F)C4)n2)C1)(c1ccccc1)c1ccccc1. The third kappa shape index (κ3) is 6.21.